The standard InChI is InChI=1S/C25H23ClN4O8/c26-18-9-6-14(12-17(18)24(33)37-13-21(31)27-15-4-2-1-3-5-15)20-11-8-16(38-20)7-10-19-22(30(35)36)23(32)29-25(34)28-19/h6-12,15H,1-5,13H2,(H,27,31)(H2,28,29,32,34)/b10-7-. The summed E-state index contributed by atoms with van der Waals surface area (Å²) in [6, 6.07) is 7.78. The van der Waals surface area contributed by atoms with E-state index < -0.39 is 34.4 Å². The fourth-order valence-electron chi connectivity index (χ4n) is 4.12. The SMILES string of the molecule is O=C(COC(=O)c1cc(-c2ccc(/C=C\c3[nH]c(=O)[nH]c(=O)c3[N+](=O)[O-])o2)ccc1Cl)NC1CCCCC1. The molecule has 2 heterocycles. The van der Waals surface area contributed by atoms with Crippen LogP contribution in [0.4, 0.5) is 5.69 Å². The average molecular weight is 543 g/mol. The van der Waals surface area contributed by atoms with Crippen LogP contribution < -0.4 is 16.6 Å². The van der Waals surface area contributed by atoms with Gasteiger partial charge in [-0.3, -0.25) is 24.7 Å². The molecule has 0 radical (unpaired) electrons. The first-order valence-corrected chi connectivity index (χ1v) is 12.1. The molecule has 1 amide bonds. The van der Waals surface area contributed by atoms with Crippen LogP contribution in [0.25, 0.3) is 23.5 Å². The van der Waals surface area contributed by atoms with Crippen molar-refractivity contribution in [3.8, 4) is 11.3 Å². The van der Waals surface area contributed by atoms with Gasteiger partial charge in [0, 0.05) is 11.6 Å². The van der Waals surface area contributed by atoms with Gasteiger partial charge in [-0.2, -0.15) is 0 Å². The van der Waals surface area contributed by atoms with Gasteiger partial charge in [0.1, 0.15) is 17.2 Å². The van der Waals surface area contributed by atoms with Crippen LogP contribution in [-0.2, 0) is 9.53 Å². The van der Waals surface area contributed by atoms with Gasteiger partial charge in [-0.25, -0.2) is 9.59 Å². The van der Waals surface area contributed by atoms with Crippen molar-refractivity contribution in [1.82, 2.24) is 15.3 Å². The minimum Gasteiger partial charge on any atom is -0.457 e. The van der Waals surface area contributed by atoms with E-state index in [-0.39, 0.29) is 34.0 Å². The number of furan rings is 1. The third-order valence-electron chi connectivity index (χ3n) is 5.94. The Morgan fingerprint density at radius 3 is 2.63 bits per heavy atom. The predicted octanol–water partition coefficient (Wildman–Crippen LogP) is 3.66. The second-order valence-corrected chi connectivity index (χ2v) is 9.04. The molecule has 1 saturated carbocycles. The molecule has 1 aromatic carbocycles. The van der Waals surface area contributed by atoms with E-state index in [0.717, 1.165) is 32.1 Å². The molecule has 3 N–H and O–H groups in total. The van der Waals surface area contributed by atoms with E-state index in [1.54, 1.807) is 23.2 Å². The van der Waals surface area contributed by atoms with Gasteiger partial charge >= 0.3 is 22.9 Å². The summed E-state index contributed by atoms with van der Waals surface area (Å²) in [6.45, 7) is -0.428. The Balaban J connectivity index is 1.46. The van der Waals surface area contributed by atoms with Crippen molar-refractivity contribution >= 4 is 41.3 Å². The van der Waals surface area contributed by atoms with Gasteiger partial charge in [-0.15, -0.1) is 0 Å². The molecule has 2 aromatic heterocycles. The summed E-state index contributed by atoms with van der Waals surface area (Å²) in [5, 5.41) is 14.2. The largest absolute Gasteiger partial charge is 0.457 e. The zero-order valence-corrected chi connectivity index (χ0v) is 20.7. The Kier molecular flexibility index (Phi) is 8.22. The number of nitro groups is 1. The lowest BCUT2D eigenvalue weighted by molar-refractivity contribution is -0.386. The van der Waals surface area contributed by atoms with Crippen molar-refractivity contribution in [2.75, 3.05) is 6.61 Å². The lowest BCUT2D eigenvalue weighted by Gasteiger charge is -2.22. The first kappa shape index (κ1) is 26.6. The predicted molar refractivity (Wildman–Crippen MR) is 138 cm³/mol. The van der Waals surface area contributed by atoms with Crippen LogP contribution in [0.15, 0.2) is 44.3 Å². The van der Waals surface area contributed by atoms with E-state index in [0.29, 0.717) is 11.3 Å². The minimum absolute atomic E-state index is 0.0415. The molecule has 0 aliphatic heterocycles. The smallest absolute Gasteiger partial charge is 0.357 e. The Morgan fingerprint density at radius 2 is 1.89 bits per heavy atom. The zero-order chi connectivity index (χ0) is 27.2. The second-order valence-electron chi connectivity index (χ2n) is 8.64. The topological polar surface area (TPSA) is 177 Å². The number of amides is 1. The van der Waals surface area contributed by atoms with Crippen molar-refractivity contribution < 1.29 is 23.7 Å². The molecule has 0 saturated heterocycles. The highest BCUT2D eigenvalue weighted by molar-refractivity contribution is 6.33. The van der Waals surface area contributed by atoms with Crippen molar-refractivity contribution in [3.05, 3.63) is 83.3 Å². The number of carbonyl (C=O) groups excluding carboxylic acids is 2. The molecule has 1 aliphatic rings. The Morgan fingerprint density at radius 1 is 1.13 bits per heavy atom. The number of hydrogen-bond donors (Lipinski definition) is 3. The van der Waals surface area contributed by atoms with Crippen molar-refractivity contribution in [3.63, 3.8) is 0 Å². The van der Waals surface area contributed by atoms with Gasteiger partial charge in [0.05, 0.1) is 15.5 Å². The maximum Gasteiger partial charge on any atom is 0.357 e. The number of aromatic nitrogens is 2. The average Bonchev–Trinajstić information content (AvgIpc) is 3.35. The third kappa shape index (κ3) is 6.45. The highest BCUT2D eigenvalue weighted by atomic mass is 35.5. The molecule has 1 fully saturated rings. The van der Waals surface area contributed by atoms with Crippen LogP contribution in [0.5, 0.6) is 0 Å². The Labute approximate surface area is 219 Å². The van der Waals surface area contributed by atoms with E-state index >= 15 is 0 Å². The summed E-state index contributed by atoms with van der Waals surface area (Å²) in [5.74, 6) is -0.567. The summed E-state index contributed by atoms with van der Waals surface area (Å²) < 4.78 is 10.9. The first-order chi connectivity index (χ1) is 18.2. The maximum absolute atomic E-state index is 12.6. The number of rotatable bonds is 8. The highest BCUT2D eigenvalue weighted by Gasteiger charge is 2.20. The molecule has 38 heavy (non-hydrogen) atoms. The summed E-state index contributed by atoms with van der Waals surface area (Å²) in [7, 11) is 0. The number of hydrogen-bond acceptors (Lipinski definition) is 8. The molecule has 12 nitrogen and oxygen atoms in total. The maximum atomic E-state index is 12.6. The minimum atomic E-state index is -1.13. The van der Waals surface area contributed by atoms with Crippen LogP contribution in [-0.4, -0.2) is 39.4 Å². The molecule has 0 spiro atoms. The van der Waals surface area contributed by atoms with Crippen molar-refractivity contribution in [2.24, 2.45) is 0 Å². The highest BCUT2D eigenvalue weighted by Crippen LogP contribution is 2.28. The van der Waals surface area contributed by atoms with E-state index in [1.807, 2.05) is 0 Å². The molecule has 4 rings (SSSR count). The molecular weight excluding hydrogens is 520 g/mol. The molecule has 0 bridgehead atoms. The summed E-state index contributed by atoms with van der Waals surface area (Å²) in [5.41, 5.74) is -2.63. The number of halogens is 1. The summed E-state index contributed by atoms with van der Waals surface area (Å²) in [4.78, 5) is 62.3. The van der Waals surface area contributed by atoms with Crippen LogP contribution >= 0.6 is 11.6 Å². The fraction of sp³-hybridized carbons (Fsp3) is 0.280. The van der Waals surface area contributed by atoms with Gasteiger partial charge in [0.25, 0.3) is 5.91 Å². The van der Waals surface area contributed by atoms with Crippen LogP contribution in [0.3, 0.4) is 0 Å². The van der Waals surface area contributed by atoms with Crippen LogP contribution in [0.2, 0.25) is 5.02 Å². The van der Waals surface area contributed by atoms with E-state index in [9.17, 15) is 29.3 Å². The molecule has 1 aliphatic carbocycles. The lowest BCUT2D eigenvalue weighted by atomic mass is 9.95. The number of benzene rings is 1. The first-order valence-electron chi connectivity index (χ1n) is 11.8. The van der Waals surface area contributed by atoms with E-state index in [1.165, 1.54) is 24.3 Å². The van der Waals surface area contributed by atoms with Gasteiger partial charge in [-0.1, -0.05) is 30.9 Å². The molecule has 3 aromatic rings. The number of aromatic amines is 2. The second kappa shape index (κ2) is 11.7. The molecule has 13 heteroatoms. The Hall–Kier alpha value is -4.45. The van der Waals surface area contributed by atoms with Gasteiger partial charge in [0.2, 0.25) is 0 Å². The fourth-order valence-corrected chi connectivity index (χ4v) is 4.32. The lowest BCUT2D eigenvalue weighted by Crippen LogP contribution is -2.38. The van der Waals surface area contributed by atoms with Crippen molar-refractivity contribution in [2.45, 2.75) is 38.1 Å². The van der Waals surface area contributed by atoms with Gasteiger partial charge in [0.15, 0.2) is 6.61 Å². The molecular formula is C25H23ClN4O8. The van der Waals surface area contributed by atoms with Crippen LogP contribution in [0.1, 0.15) is 53.9 Å². The quantitative estimate of drug-likeness (QED) is 0.219. The number of nitrogens with one attached hydrogen (secondary N) is 3. The number of ether oxygens (including phenoxy) is 1. The van der Waals surface area contributed by atoms with E-state index in [4.69, 9.17) is 20.8 Å². The normalized spacial score (nSPS) is 13.9. The monoisotopic (exact) mass is 542 g/mol. The molecule has 0 unspecified atom stereocenters. The van der Waals surface area contributed by atoms with Gasteiger partial charge < -0.3 is 19.5 Å². The third-order valence-corrected chi connectivity index (χ3v) is 6.27. The van der Waals surface area contributed by atoms with E-state index in [2.05, 4.69) is 10.3 Å². The van der Waals surface area contributed by atoms with Crippen LogP contribution in [0, 0.1) is 10.1 Å². The number of nitrogens with zero attached hydrogens (tertiary/aromatic N) is 1. The number of H-pyrrole nitrogens is 2. The molecule has 198 valence electrons. The summed E-state index contributed by atoms with van der Waals surface area (Å²) >= 11 is 6.18. The zero-order valence-electron chi connectivity index (χ0n) is 20.0. The molecule has 0 atom stereocenters. The summed E-state index contributed by atoms with van der Waals surface area (Å²) in [6.07, 6.45) is 7.59. The number of carbonyl (C=O) groups is 2. The number of esters is 1. The Bertz CT molecular complexity index is 1510. The van der Waals surface area contributed by atoms with Crippen molar-refractivity contribution in [1.29, 1.82) is 0 Å². The van der Waals surface area contributed by atoms with Gasteiger partial charge in [-0.05, 0) is 55.3 Å².